The van der Waals surface area contributed by atoms with E-state index >= 15 is 0 Å². The van der Waals surface area contributed by atoms with Gasteiger partial charge in [0.05, 0.1) is 11.1 Å². The van der Waals surface area contributed by atoms with Crippen LogP contribution in [0.3, 0.4) is 0 Å². The minimum atomic E-state index is -5.08. The van der Waals surface area contributed by atoms with E-state index in [2.05, 4.69) is 5.32 Å². The maximum Gasteiger partial charge on any atom is 0.490 e. The molecule has 27 heavy (non-hydrogen) atoms. The summed E-state index contributed by atoms with van der Waals surface area (Å²) in [6, 6.07) is 4.95. The number of benzene rings is 1. The van der Waals surface area contributed by atoms with E-state index in [1.165, 1.54) is 23.1 Å². The zero-order valence-electron chi connectivity index (χ0n) is 13.6. The largest absolute Gasteiger partial charge is 0.490 e. The summed E-state index contributed by atoms with van der Waals surface area (Å²) >= 11 is 0. The Morgan fingerprint density at radius 1 is 0.963 bits per heavy atom. The zero-order chi connectivity index (χ0) is 20.4. The van der Waals surface area contributed by atoms with E-state index in [-0.39, 0.29) is 5.56 Å². The number of hydrogen-bond donors (Lipinski definition) is 2. The lowest BCUT2D eigenvalue weighted by molar-refractivity contribution is -0.192. The Morgan fingerprint density at radius 3 is 1.89 bits per heavy atom. The van der Waals surface area contributed by atoms with E-state index < -0.39 is 29.8 Å². The topological polar surface area (TPSA) is 69.6 Å². The summed E-state index contributed by atoms with van der Waals surface area (Å²) < 4.78 is 70.5. The molecule has 0 saturated heterocycles. The summed E-state index contributed by atoms with van der Waals surface area (Å²) in [6.45, 7) is 2.29. The van der Waals surface area contributed by atoms with Gasteiger partial charge in [0.25, 0.3) is 5.91 Å². The van der Waals surface area contributed by atoms with Gasteiger partial charge in [-0.05, 0) is 23.3 Å². The molecule has 0 aliphatic carbocycles. The van der Waals surface area contributed by atoms with Crippen LogP contribution < -0.4 is 5.32 Å². The van der Waals surface area contributed by atoms with Crippen LogP contribution in [0.2, 0.25) is 0 Å². The number of carboxylic acids is 1. The Kier molecular flexibility index (Phi) is 5.83. The molecule has 5 nitrogen and oxygen atoms in total. The molecule has 2 aliphatic rings. The van der Waals surface area contributed by atoms with Crippen LogP contribution in [0.4, 0.5) is 26.3 Å². The minimum absolute atomic E-state index is 0.269. The van der Waals surface area contributed by atoms with Gasteiger partial charge in [0.15, 0.2) is 0 Å². The summed E-state index contributed by atoms with van der Waals surface area (Å²) in [6.07, 6.45) is -9.59. The lowest BCUT2D eigenvalue weighted by Crippen LogP contribution is -2.33. The number of carbonyl (C=O) groups excluding carboxylic acids is 1. The molecule has 0 aromatic heterocycles. The first kappa shape index (κ1) is 20.7. The first-order chi connectivity index (χ1) is 12.4. The van der Waals surface area contributed by atoms with Gasteiger partial charge < -0.3 is 15.3 Å². The third kappa shape index (κ3) is 5.00. The van der Waals surface area contributed by atoms with Crippen molar-refractivity contribution in [3.8, 4) is 0 Å². The van der Waals surface area contributed by atoms with Crippen molar-refractivity contribution in [2.24, 2.45) is 0 Å². The van der Waals surface area contributed by atoms with Gasteiger partial charge in [-0.3, -0.25) is 4.79 Å². The zero-order valence-corrected chi connectivity index (χ0v) is 13.6. The van der Waals surface area contributed by atoms with E-state index in [9.17, 15) is 31.1 Å². The predicted molar refractivity (Wildman–Crippen MR) is 80.9 cm³/mol. The Morgan fingerprint density at radius 2 is 1.44 bits per heavy atom. The molecule has 0 bridgehead atoms. The molecule has 1 amide bonds. The average molecular weight is 396 g/mol. The molecule has 0 spiro atoms. The van der Waals surface area contributed by atoms with Gasteiger partial charge in [0.2, 0.25) is 0 Å². The molecule has 0 fully saturated rings. The Hall–Kier alpha value is -2.56. The van der Waals surface area contributed by atoms with Crippen LogP contribution in [-0.2, 0) is 11.0 Å². The van der Waals surface area contributed by atoms with E-state index in [0.717, 1.165) is 30.3 Å². The third-order valence-corrected chi connectivity index (χ3v) is 3.93. The monoisotopic (exact) mass is 396 g/mol. The molecule has 3 rings (SSSR count). The summed E-state index contributed by atoms with van der Waals surface area (Å²) in [4.78, 5) is 22.7. The van der Waals surface area contributed by atoms with Gasteiger partial charge in [-0.1, -0.05) is 12.1 Å². The molecule has 2 aliphatic heterocycles. The van der Waals surface area contributed by atoms with Crippen molar-refractivity contribution in [2.75, 3.05) is 26.2 Å². The highest BCUT2D eigenvalue weighted by atomic mass is 19.4. The smallest absolute Gasteiger partial charge is 0.475 e. The number of hydrogen-bond acceptors (Lipinski definition) is 3. The number of rotatable bonds is 1. The van der Waals surface area contributed by atoms with E-state index in [1.54, 1.807) is 0 Å². The number of amides is 1. The Bertz CT molecular complexity index is 754. The standard InChI is InChI=1S/C14H13F3N2O.C2HF3O2/c15-14(16,17)12-4-2-1-3-11(12)13(20)19-7-9-5-18-6-10(9)8-19;3-2(4,5)1(6)7/h1-4,18H,5-8H2;(H,6,7). The van der Waals surface area contributed by atoms with Crippen LogP contribution in [-0.4, -0.2) is 54.2 Å². The molecule has 0 unspecified atom stereocenters. The molecule has 2 heterocycles. The second kappa shape index (κ2) is 7.59. The molecule has 2 N–H and O–H groups in total. The summed E-state index contributed by atoms with van der Waals surface area (Å²) in [7, 11) is 0. The molecule has 0 saturated carbocycles. The van der Waals surface area contributed by atoms with Crippen molar-refractivity contribution in [1.82, 2.24) is 10.2 Å². The second-order valence-corrected chi connectivity index (χ2v) is 5.82. The lowest BCUT2D eigenvalue weighted by Gasteiger charge is -2.20. The van der Waals surface area contributed by atoms with Gasteiger partial charge in [-0.25, -0.2) is 4.79 Å². The van der Waals surface area contributed by atoms with Crippen molar-refractivity contribution in [3.63, 3.8) is 0 Å². The quantitative estimate of drug-likeness (QED) is 0.566. The van der Waals surface area contributed by atoms with Crippen LogP contribution in [0, 0.1) is 0 Å². The lowest BCUT2D eigenvalue weighted by atomic mass is 10.1. The Balaban J connectivity index is 0.000000321. The fraction of sp³-hybridized carbons (Fsp3) is 0.375. The van der Waals surface area contributed by atoms with Crippen molar-refractivity contribution in [3.05, 3.63) is 46.5 Å². The molecular weight excluding hydrogens is 382 g/mol. The second-order valence-electron chi connectivity index (χ2n) is 5.82. The molecular formula is C16H14F6N2O3. The van der Waals surface area contributed by atoms with Crippen LogP contribution in [0.1, 0.15) is 15.9 Å². The first-order valence-electron chi connectivity index (χ1n) is 7.57. The van der Waals surface area contributed by atoms with Crippen LogP contribution in [0.5, 0.6) is 0 Å². The number of nitrogens with zero attached hydrogens (tertiary/aromatic N) is 1. The number of nitrogens with one attached hydrogen (secondary N) is 1. The average Bonchev–Trinajstić information content (AvgIpc) is 3.14. The summed E-state index contributed by atoms with van der Waals surface area (Å²) in [5.41, 5.74) is 1.12. The van der Waals surface area contributed by atoms with Crippen molar-refractivity contribution in [1.29, 1.82) is 0 Å². The van der Waals surface area contributed by atoms with E-state index in [4.69, 9.17) is 9.90 Å². The van der Waals surface area contributed by atoms with Gasteiger partial charge in [0, 0.05) is 26.2 Å². The highest BCUT2D eigenvalue weighted by Crippen LogP contribution is 2.33. The molecule has 1 aromatic rings. The van der Waals surface area contributed by atoms with Gasteiger partial charge in [0.1, 0.15) is 0 Å². The van der Waals surface area contributed by atoms with E-state index in [1.807, 2.05) is 0 Å². The van der Waals surface area contributed by atoms with Crippen LogP contribution in [0.15, 0.2) is 35.4 Å². The van der Waals surface area contributed by atoms with Gasteiger partial charge in [-0.15, -0.1) is 0 Å². The normalized spacial score (nSPS) is 16.7. The number of halogens is 6. The van der Waals surface area contributed by atoms with Crippen LogP contribution >= 0.6 is 0 Å². The first-order valence-corrected chi connectivity index (χ1v) is 7.57. The van der Waals surface area contributed by atoms with Gasteiger partial charge in [-0.2, -0.15) is 26.3 Å². The molecule has 1 aromatic carbocycles. The molecule has 11 heteroatoms. The number of carboxylic acid groups (broad SMARTS) is 1. The third-order valence-electron chi connectivity index (χ3n) is 3.93. The highest BCUT2D eigenvalue weighted by Gasteiger charge is 2.38. The van der Waals surface area contributed by atoms with Crippen molar-refractivity contribution >= 4 is 11.9 Å². The van der Waals surface area contributed by atoms with Crippen molar-refractivity contribution in [2.45, 2.75) is 12.4 Å². The summed E-state index contributed by atoms with van der Waals surface area (Å²) in [5.74, 6) is -3.31. The van der Waals surface area contributed by atoms with Crippen molar-refractivity contribution < 1.29 is 41.0 Å². The Labute approximate surface area is 149 Å². The van der Waals surface area contributed by atoms with Gasteiger partial charge >= 0.3 is 18.3 Å². The molecule has 0 radical (unpaired) electrons. The predicted octanol–water partition coefficient (Wildman–Crippen LogP) is 2.69. The fourth-order valence-corrected chi connectivity index (χ4v) is 2.70. The number of alkyl halides is 6. The molecule has 0 atom stereocenters. The number of aliphatic carboxylic acids is 1. The fourth-order valence-electron chi connectivity index (χ4n) is 2.70. The molecule has 148 valence electrons. The SMILES string of the molecule is O=C(O)C(F)(F)F.O=C(c1ccccc1C(F)(F)F)N1CC2=C(CNC2)C1. The van der Waals surface area contributed by atoms with Crippen LogP contribution in [0.25, 0.3) is 0 Å². The number of carbonyl (C=O) groups is 2. The maximum atomic E-state index is 12.9. The van der Waals surface area contributed by atoms with E-state index in [0.29, 0.717) is 13.1 Å². The minimum Gasteiger partial charge on any atom is -0.475 e. The summed E-state index contributed by atoms with van der Waals surface area (Å²) in [5, 5.41) is 10.3. The maximum absolute atomic E-state index is 12.9. The highest BCUT2D eigenvalue weighted by molar-refractivity contribution is 5.96.